The first-order chi connectivity index (χ1) is 11.2. The van der Waals surface area contributed by atoms with Crippen LogP contribution in [0.15, 0.2) is 30.5 Å². The van der Waals surface area contributed by atoms with Crippen molar-refractivity contribution < 1.29 is 4.74 Å². The van der Waals surface area contributed by atoms with Crippen LogP contribution < -0.4 is 10.6 Å². The SMILES string of the molecule is CC(C)c1ccc(Nc2nncc(NCC3CCCO3)n2)cc1. The molecule has 6 heteroatoms. The Bertz CT molecular complexity index is 623. The topological polar surface area (TPSA) is 72.0 Å². The Hall–Kier alpha value is -2.21. The molecule has 0 aliphatic carbocycles. The second-order valence-electron chi connectivity index (χ2n) is 6.08. The highest BCUT2D eigenvalue weighted by molar-refractivity contribution is 5.54. The molecule has 0 radical (unpaired) electrons. The number of benzene rings is 1. The van der Waals surface area contributed by atoms with Gasteiger partial charge in [-0.3, -0.25) is 0 Å². The van der Waals surface area contributed by atoms with Gasteiger partial charge in [-0.2, -0.15) is 10.1 Å². The molecule has 3 rings (SSSR count). The Balaban J connectivity index is 1.60. The predicted molar refractivity (Wildman–Crippen MR) is 91.1 cm³/mol. The molecule has 1 aliphatic heterocycles. The molecule has 0 saturated carbocycles. The van der Waals surface area contributed by atoms with E-state index in [2.05, 4.69) is 51.8 Å². The summed E-state index contributed by atoms with van der Waals surface area (Å²) >= 11 is 0. The molecule has 1 fully saturated rings. The molecular formula is C17H23N5O. The van der Waals surface area contributed by atoms with Crippen LogP contribution in [0.4, 0.5) is 17.5 Å². The molecule has 6 nitrogen and oxygen atoms in total. The number of rotatable bonds is 6. The summed E-state index contributed by atoms with van der Waals surface area (Å²) in [5.41, 5.74) is 2.26. The maximum Gasteiger partial charge on any atom is 0.249 e. The minimum Gasteiger partial charge on any atom is -0.376 e. The van der Waals surface area contributed by atoms with Crippen molar-refractivity contribution in [2.45, 2.75) is 38.7 Å². The van der Waals surface area contributed by atoms with Gasteiger partial charge in [0.25, 0.3) is 0 Å². The standard InChI is InChI=1S/C17H23N5O/c1-12(2)13-5-7-14(8-6-13)20-17-21-16(11-19-22-17)18-10-15-4-3-9-23-15/h5-8,11-12,15H,3-4,9-10H2,1-2H3,(H2,18,20,21,22). The van der Waals surface area contributed by atoms with E-state index in [1.165, 1.54) is 5.56 Å². The lowest BCUT2D eigenvalue weighted by atomic mass is 10.0. The molecule has 1 saturated heterocycles. The van der Waals surface area contributed by atoms with Gasteiger partial charge in [-0.05, 0) is 36.5 Å². The van der Waals surface area contributed by atoms with E-state index in [1.54, 1.807) is 6.20 Å². The van der Waals surface area contributed by atoms with Gasteiger partial charge in [0.1, 0.15) is 0 Å². The van der Waals surface area contributed by atoms with Gasteiger partial charge in [0.15, 0.2) is 5.82 Å². The number of hydrogen-bond acceptors (Lipinski definition) is 6. The van der Waals surface area contributed by atoms with E-state index < -0.39 is 0 Å². The van der Waals surface area contributed by atoms with Gasteiger partial charge in [-0.15, -0.1) is 5.10 Å². The minimum absolute atomic E-state index is 0.268. The number of aromatic nitrogens is 3. The number of anilines is 3. The van der Waals surface area contributed by atoms with Crippen LogP contribution in [-0.4, -0.2) is 34.4 Å². The Labute approximate surface area is 136 Å². The molecule has 0 bridgehead atoms. The average molecular weight is 313 g/mol. The Morgan fingerprint density at radius 2 is 2.09 bits per heavy atom. The van der Waals surface area contributed by atoms with Crippen molar-refractivity contribution in [2.75, 3.05) is 23.8 Å². The summed E-state index contributed by atoms with van der Waals surface area (Å²) in [7, 11) is 0. The Kier molecular flexibility index (Phi) is 5.02. The summed E-state index contributed by atoms with van der Waals surface area (Å²) < 4.78 is 5.59. The van der Waals surface area contributed by atoms with Crippen LogP contribution in [0.5, 0.6) is 0 Å². The predicted octanol–water partition coefficient (Wildman–Crippen LogP) is 3.33. The first-order valence-electron chi connectivity index (χ1n) is 8.13. The van der Waals surface area contributed by atoms with Gasteiger partial charge in [0.05, 0.1) is 12.3 Å². The minimum atomic E-state index is 0.268. The Morgan fingerprint density at radius 1 is 1.26 bits per heavy atom. The molecule has 2 aromatic rings. The van der Waals surface area contributed by atoms with Gasteiger partial charge in [0.2, 0.25) is 5.95 Å². The van der Waals surface area contributed by atoms with Crippen LogP contribution in [0.3, 0.4) is 0 Å². The highest BCUT2D eigenvalue weighted by Gasteiger charge is 2.15. The highest BCUT2D eigenvalue weighted by Crippen LogP contribution is 2.19. The van der Waals surface area contributed by atoms with E-state index in [1.807, 2.05) is 12.1 Å². The van der Waals surface area contributed by atoms with Crippen LogP contribution in [0.25, 0.3) is 0 Å². The van der Waals surface area contributed by atoms with E-state index in [4.69, 9.17) is 4.74 Å². The average Bonchev–Trinajstić information content (AvgIpc) is 3.07. The lowest BCUT2D eigenvalue weighted by Gasteiger charge is -2.12. The van der Waals surface area contributed by atoms with Crippen molar-refractivity contribution in [1.82, 2.24) is 15.2 Å². The van der Waals surface area contributed by atoms with E-state index in [-0.39, 0.29) is 6.10 Å². The second kappa shape index (κ2) is 7.37. The van der Waals surface area contributed by atoms with Crippen molar-refractivity contribution in [3.63, 3.8) is 0 Å². The van der Waals surface area contributed by atoms with Crippen LogP contribution in [0, 0.1) is 0 Å². The summed E-state index contributed by atoms with van der Waals surface area (Å²) in [6.07, 6.45) is 4.12. The molecule has 0 spiro atoms. The molecule has 23 heavy (non-hydrogen) atoms. The number of hydrogen-bond donors (Lipinski definition) is 2. The van der Waals surface area contributed by atoms with E-state index >= 15 is 0 Å². The smallest absolute Gasteiger partial charge is 0.249 e. The van der Waals surface area contributed by atoms with Crippen molar-refractivity contribution >= 4 is 17.5 Å². The molecule has 0 amide bonds. The van der Waals surface area contributed by atoms with E-state index in [9.17, 15) is 0 Å². The van der Waals surface area contributed by atoms with Crippen LogP contribution >= 0.6 is 0 Å². The van der Waals surface area contributed by atoms with Gasteiger partial charge in [0, 0.05) is 18.8 Å². The summed E-state index contributed by atoms with van der Waals surface area (Å²) in [4.78, 5) is 4.44. The lowest BCUT2D eigenvalue weighted by Crippen LogP contribution is -2.19. The third-order valence-corrected chi connectivity index (χ3v) is 3.93. The van der Waals surface area contributed by atoms with E-state index in [0.717, 1.165) is 31.7 Å². The van der Waals surface area contributed by atoms with Crippen LogP contribution in [0.1, 0.15) is 38.2 Å². The zero-order chi connectivity index (χ0) is 16.1. The number of ether oxygens (including phenoxy) is 1. The van der Waals surface area contributed by atoms with Crippen molar-refractivity contribution in [3.8, 4) is 0 Å². The summed E-state index contributed by atoms with van der Waals surface area (Å²) in [6.45, 7) is 5.96. The maximum atomic E-state index is 5.59. The monoisotopic (exact) mass is 313 g/mol. The Morgan fingerprint density at radius 3 is 2.78 bits per heavy atom. The first-order valence-corrected chi connectivity index (χ1v) is 8.13. The van der Waals surface area contributed by atoms with Gasteiger partial charge in [-0.1, -0.05) is 26.0 Å². The summed E-state index contributed by atoms with van der Waals surface area (Å²) in [6, 6.07) is 8.29. The molecule has 1 atom stereocenters. The number of nitrogens with one attached hydrogen (secondary N) is 2. The van der Waals surface area contributed by atoms with Crippen molar-refractivity contribution in [1.29, 1.82) is 0 Å². The van der Waals surface area contributed by atoms with E-state index in [0.29, 0.717) is 17.7 Å². The molecule has 1 aromatic heterocycles. The molecule has 2 N–H and O–H groups in total. The fourth-order valence-electron chi connectivity index (χ4n) is 2.55. The molecule has 1 aliphatic rings. The quantitative estimate of drug-likeness (QED) is 0.852. The summed E-state index contributed by atoms with van der Waals surface area (Å²) in [5.74, 6) is 1.71. The van der Waals surface area contributed by atoms with Gasteiger partial charge in [-0.25, -0.2) is 0 Å². The van der Waals surface area contributed by atoms with Crippen molar-refractivity contribution in [2.24, 2.45) is 0 Å². The fourth-order valence-corrected chi connectivity index (χ4v) is 2.55. The number of nitrogens with zero attached hydrogens (tertiary/aromatic N) is 3. The lowest BCUT2D eigenvalue weighted by molar-refractivity contribution is 0.120. The largest absolute Gasteiger partial charge is 0.376 e. The maximum absolute atomic E-state index is 5.59. The third kappa shape index (κ3) is 4.39. The molecule has 2 heterocycles. The summed E-state index contributed by atoms with van der Waals surface area (Å²) in [5, 5.41) is 14.5. The van der Waals surface area contributed by atoms with Gasteiger partial charge < -0.3 is 15.4 Å². The fraction of sp³-hybridized carbons (Fsp3) is 0.471. The molecule has 1 aromatic carbocycles. The third-order valence-electron chi connectivity index (χ3n) is 3.93. The van der Waals surface area contributed by atoms with Gasteiger partial charge >= 0.3 is 0 Å². The molecular weight excluding hydrogens is 290 g/mol. The zero-order valence-corrected chi connectivity index (χ0v) is 13.6. The molecule has 1 unspecified atom stereocenters. The molecule has 122 valence electrons. The normalized spacial score (nSPS) is 17.4. The van der Waals surface area contributed by atoms with Crippen molar-refractivity contribution in [3.05, 3.63) is 36.0 Å². The highest BCUT2D eigenvalue weighted by atomic mass is 16.5. The van der Waals surface area contributed by atoms with Crippen LogP contribution in [0.2, 0.25) is 0 Å². The zero-order valence-electron chi connectivity index (χ0n) is 13.6. The second-order valence-corrected chi connectivity index (χ2v) is 6.08. The van der Waals surface area contributed by atoms with Crippen LogP contribution in [-0.2, 0) is 4.74 Å². The first kappa shape index (κ1) is 15.7.